The molecule has 1 aliphatic rings. The van der Waals surface area contributed by atoms with E-state index in [1.807, 2.05) is 13.0 Å². The van der Waals surface area contributed by atoms with Gasteiger partial charge in [-0.05, 0) is 31.4 Å². The van der Waals surface area contributed by atoms with Gasteiger partial charge in [0.2, 0.25) is 0 Å². The maximum Gasteiger partial charge on any atom is 0.107 e. The van der Waals surface area contributed by atoms with Crippen molar-refractivity contribution in [3.05, 3.63) is 23.7 Å². The summed E-state index contributed by atoms with van der Waals surface area (Å²) in [5, 5.41) is 0. The Morgan fingerprint density at radius 1 is 1.64 bits per heavy atom. The first kappa shape index (κ1) is 7.23. The molecule has 1 aromatic rings. The largest absolute Gasteiger partial charge is 0.466 e. The molecule has 0 spiro atoms. The van der Waals surface area contributed by atoms with Crippen LogP contribution in [0.1, 0.15) is 23.9 Å². The Labute approximate surface area is 71.3 Å². The Balaban J connectivity index is 2.08. The minimum absolute atomic E-state index is 0.612. The highest BCUT2D eigenvalue weighted by Crippen LogP contribution is 2.48. The fraction of sp³-hybridized carbons (Fsp3) is 0.556. The third-order valence-electron chi connectivity index (χ3n) is 2.25. The lowest BCUT2D eigenvalue weighted by molar-refractivity contribution is 0.480. The van der Waals surface area contributed by atoms with Gasteiger partial charge in [0.15, 0.2) is 0 Å². The standard InChI is InChI=1S/C9H11ClO/c1-6-2-3-9(11-6)8-4-7(8)5-10/h2-3,7-8H,4-5H2,1H3. The third kappa shape index (κ3) is 1.30. The summed E-state index contributed by atoms with van der Waals surface area (Å²) in [5.41, 5.74) is 0. The molecule has 1 heterocycles. The SMILES string of the molecule is Cc1ccc(C2CC2CCl)o1. The molecule has 2 atom stereocenters. The monoisotopic (exact) mass is 170 g/mol. The summed E-state index contributed by atoms with van der Waals surface area (Å²) in [4.78, 5) is 0. The quantitative estimate of drug-likeness (QED) is 0.622. The number of furan rings is 1. The van der Waals surface area contributed by atoms with Gasteiger partial charge >= 0.3 is 0 Å². The molecule has 1 saturated carbocycles. The Morgan fingerprint density at radius 2 is 2.45 bits per heavy atom. The lowest BCUT2D eigenvalue weighted by atomic mass is 10.3. The normalized spacial score (nSPS) is 28.9. The molecule has 0 bridgehead atoms. The summed E-state index contributed by atoms with van der Waals surface area (Å²) in [6.07, 6.45) is 1.20. The van der Waals surface area contributed by atoms with Crippen molar-refractivity contribution in [3.8, 4) is 0 Å². The minimum Gasteiger partial charge on any atom is -0.466 e. The molecule has 60 valence electrons. The first-order valence-corrected chi connectivity index (χ1v) is 4.47. The first-order chi connectivity index (χ1) is 5.31. The highest BCUT2D eigenvalue weighted by atomic mass is 35.5. The number of hydrogen-bond donors (Lipinski definition) is 0. The lowest BCUT2D eigenvalue weighted by Gasteiger charge is -1.90. The van der Waals surface area contributed by atoms with Crippen LogP contribution in [-0.4, -0.2) is 5.88 Å². The van der Waals surface area contributed by atoms with Crippen LogP contribution in [0.25, 0.3) is 0 Å². The highest BCUT2D eigenvalue weighted by Gasteiger charge is 2.39. The molecule has 2 heteroatoms. The van der Waals surface area contributed by atoms with E-state index in [0.717, 1.165) is 17.4 Å². The molecular weight excluding hydrogens is 160 g/mol. The van der Waals surface area contributed by atoms with Crippen molar-refractivity contribution in [1.82, 2.24) is 0 Å². The van der Waals surface area contributed by atoms with Gasteiger partial charge in [0, 0.05) is 11.8 Å². The molecule has 0 aromatic carbocycles. The van der Waals surface area contributed by atoms with Crippen LogP contribution >= 0.6 is 11.6 Å². The zero-order chi connectivity index (χ0) is 7.84. The smallest absolute Gasteiger partial charge is 0.107 e. The summed E-state index contributed by atoms with van der Waals surface area (Å²) in [7, 11) is 0. The van der Waals surface area contributed by atoms with Crippen molar-refractivity contribution < 1.29 is 4.42 Å². The van der Waals surface area contributed by atoms with Crippen molar-refractivity contribution in [2.75, 3.05) is 5.88 Å². The van der Waals surface area contributed by atoms with E-state index in [2.05, 4.69) is 6.07 Å². The molecule has 2 unspecified atom stereocenters. The maximum atomic E-state index is 5.71. The van der Waals surface area contributed by atoms with Crippen LogP contribution in [0.4, 0.5) is 0 Å². The molecule has 0 radical (unpaired) electrons. The molecule has 2 rings (SSSR count). The minimum atomic E-state index is 0.612. The van der Waals surface area contributed by atoms with E-state index in [-0.39, 0.29) is 0 Å². The van der Waals surface area contributed by atoms with Crippen molar-refractivity contribution in [1.29, 1.82) is 0 Å². The zero-order valence-electron chi connectivity index (χ0n) is 6.51. The van der Waals surface area contributed by atoms with Crippen LogP contribution in [0.5, 0.6) is 0 Å². The van der Waals surface area contributed by atoms with Gasteiger partial charge in [0.05, 0.1) is 0 Å². The Bertz CT molecular complexity index is 254. The van der Waals surface area contributed by atoms with E-state index >= 15 is 0 Å². The van der Waals surface area contributed by atoms with E-state index in [1.165, 1.54) is 6.42 Å². The van der Waals surface area contributed by atoms with Gasteiger partial charge in [-0.2, -0.15) is 0 Å². The first-order valence-electron chi connectivity index (χ1n) is 3.93. The Kier molecular flexibility index (Phi) is 1.68. The number of rotatable bonds is 2. The molecule has 11 heavy (non-hydrogen) atoms. The van der Waals surface area contributed by atoms with Crippen molar-refractivity contribution >= 4 is 11.6 Å². The number of hydrogen-bond acceptors (Lipinski definition) is 1. The van der Waals surface area contributed by atoms with Crippen molar-refractivity contribution in [3.63, 3.8) is 0 Å². The van der Waals surface area contributed by atoms with Crippen LogP contribution in [0.3, 0.4) is 0 Å². The summed E-state index contributed by atoms with van der Waals surface area (Å²) < 4.78 is 5.48. The number of alkyl halides is 1. The van der Waals surface area contributed by atoms with Crippen molar-refractivity contribution in [2.24, 2.45) is 5.92 Å². The van der Waals surface area contributed by atoms with E-state index < -0.39 is 0 Å². The van der Waals surface area contributed by atoms with Crippen LogP contribution < -0.4 is 0 Å². The molecule has 0 N–H and O–H groups in total. The number of halogens is 1. The van der Waals surface area contributed by atoms with Gasteiger partial charge in [-0.3, -0.25) is 0 Å². The van der Waals surface area contributed by atoms with Crippen LogP contribution in [0, 0.1) is 12.8 Å². The Hall–Kier alpha value is -0.430. The van der Waals surface area contributed by atoms with Crippen LogP contribution in [-0.2, 0) is 0 Å². The fourth-order valence-electron chi connectivity index (χ4n) is 1.42. The van der Waals surface area contributed by atoms with E-state index in [1.54, 1.807) is 0 Å². The van der Waals surface area contributed by atoms with Crippen LogP contribution in [0.2, 0.25) is 0 Å². The van der Waals surface area contributed by atoms with E-state index in [9.17, 15) is 0 Å². The second-order valence-corrected chi connectivity index (χ2v) is 3.51. The molecule has 0 aliphatic heterocycles. The molecule has 1 aromatic heterocycles. The fourth-order valence-corrected chi connectivity index (χ4v) is 1.76. The lowest BCUT2D eigenvalue weighted by Crippen LogP contribution is -1.80. The average molecular weight is 171 g/mol. The second-order valence-electron chi connectivity index (χ2n) is 3.20. The predicted octanol–water partition coefficient (Wildman–Crippen LogP) is 2.93. The summed E-state index contributed by atoms with van der Waals surface area (Å²) in [6.45, 7) is 1.97. The average Bonchev–Trinajstić information content (AvgIpc) is 2.68. The summed E-state index contributed by atoms with van der Waals surface area (Å²) >= 11 is 5.71. The van der Waals surface area contributed by atoms with Gasteiger partial charge in [-0.25, -0.2) is 0 Å². The molecule has 1 aliphatic carbocycles. The van der Waals surface area contributed by atoms with Gasteiger partial charge in [0.1, 0.15) is 11.5 Å². The molecule has 0 amide bonds. The molecule has 1 nitrogen and oxygen atoms in total. The molecular formula is C9H11ClO. The van der Waals surface area contributed by atoms with E-state index in [0.29, 0.717) is 11.8 Å². The topological polar surface area (TPSA) is 13.1 Å². The van der Waals surface area contributed by atoms with Gasteiger partial charge < -0.3 is 4.42 Å². The zero-order valence-corrected chi connectivity index (χ0v) is 7.27. The molecule has 0 saturated heterocycles. The second kappa shape index (κ2) is 2.56. The van der Waals surface area contributed by atoms with Crippen LogP contribution in [0.15, 0.2) is 16.5 Å². The third-order valence-corrected chi connectivity index (χ3v) is 2.64. The van der Waals surface area contributed by atoms with Crippen molar-refractivity contribution in [2.45, 2.75) is 19.3 Å². The van der Waals surface area contributed by atoms with Gasteiger partial charge in [-0.1, -0.05) is 0 Å². The van der Waals surface area contributed by atoms with E-state index in [4.69, 9.17) is 16.0 Å². The molecule has 1 fully saturated rings. The Morgan fingerprint density at radius 3 is 2.91 bits per heavy atom. The van der Waals surface area contributed by atoms with Gasteiger partial charge in [-0.15, -0.1) is 11.6 Å². The summed E-state index contributed by atoms with van der Waals surface area (Å²) in [5.74, 6) is 4.17. The number of aryl methyl sites for hydroxylation is 1. The predicted molar refractivity (Wildman–Crippen MR) is 45.0 cm³/mol. The summed E-state index contributed by atoms with van der Waals surface area (Å²) in [6, 6.07) is 4.07. The maximum absolute atomic E-state index is 5.71. The van der Waals surface area contributed by atoms with Gasteiger partial charge in [0.25, 0.3) is 0 Å². The highest BCUT2D eigenvalue weighted by molar-refractivity contribution is 6.18.